The number of hydrogen-bond donors (Lipinski definition) is 3. The molecule has 0 saturated carbocycles. The Morgan fingerprint density at radius 1 is 1.20 bits per heavy atom. The molecule has 0 amide bonds. The zero-order valence-electron chi connectivity index (χ0n) is 22.8. The van der Waals surface area contributed by atoms with E-state index < -0.39 is 23.2 Å². The molecule has 3 N–H and O–H groups in total. The fourth-order valence-electron chi connectivity index (χ4n) is 6.88. The molecule has 2 aliphatic heterocycles. The van der Waals surface area contributed by atoms with Gasteiger partial charge in [0.05, 0.1) is 33.2 Å². The maximum atomic E-state index is 15.7. The van der Waals surface area contributed by atoms with Crippen molar-refractivity contribution < 1.29 is 18.7 Å². The van der Waals surface area contributed by atoms with E-state index in [4.69, 9.17) is 0 Å². The van der Waals surface area contributed by atoms with Crippen LogP contribution in [0.2, 0.25) is 0 Å². The number of rotatable bonds is 4. The Balaban J connectivity index is 1.57. The number of aromatic nitrogens is 3. The van der Waals surface area contributed by atoms with E-state index in [1.807, 2.05) is 6.07 Å². The third-order valence-corrected chi connectivity index (χ3v) is 8.76. The second-order valence-corrected chi connectivity index (χ2v) is 11.1. The molecule has 0 radical (unpaired) electrons. The SMILES string of the molecule is CNc1cc(F)c(F)c2c1[nH]c1ncc(-c3ccc4c(C)cc(C(=O)O)c(=O)n4c3)c(N3CC[C@@H]4CN(C)C[C@@H]43)c12. The first-order valence-corrected chi connectivity index (χ1v) is 13.5. The molecule has 210 valence electrons. The molecule has 0 bridgehead atoms. The van der Waals surface area contributed by atoms with Gasteiger partial charge in [0.1, 0.15) is 11.2 Å². The van der Waals surface area contributed by atoms with Crippen LogP contribution in [0.4, 0.5) is 20.2 Å². The van der Waals surface area contributed by atoms with Gasteiger partial charge in [-0.3, -0.25) is 9.20 Å². The minimum atomic E-state index is -1.30. The molecule has 7 rings (SSSR count). The average Bonchev–Trinajstić information content (AvgIpc) is 3.64. The van der Waals surface area contributed by atoms with Gasteiger partial charge in [0.2, 0.25) is 0 Å². The van der Waals surface area contributed by atoms with E-state index in [0.29, 0.717) is 56.0 Å². The molecule has 2 fully saturated rings. The summed E-state index contributed by atoms with van der Waals surface area (Å²) in [7, 11) is 3.73. The number of anilines is 2. The van der Waals surface area contributed by atoms with Gasteiger partial charge in [0.15, 0.2) is 11.6 Å². The second-order valence-electron chi connectivity index (χ2n) is 11.1. The molecule has 6 heterocycles. The van der Waals surface area contributed by atoms with E-state index in [-0.39, 0.29) is 17.0 Å². The fraction of sp³-hybridized carbons (Fsp3) is 0.300. The molecule has 2 atom stereocenters. The second kappa shape index (κ2) is 9.00. The maximum Gasteiger partial charge on any atom is 0.341 e. The van der Waals surface area contributed by atoms with Crippen molar-refractivity contribution in [2.24, 2.45) is 5.92 Å². The summed E-state index contributed by atoms with van der Waals surface area (Å²) >= 11 is 0. The monoisotopic (exact) mass is 558 g/mol. The number of nitrogens with one attached hydrogen (secondary N) is 2. The van der Waals surface area contributed by atoms with Crippen LogP contribution in [0.1, 0.15) is 22.3 Å². The molecule has 11 heteroatoms. The molecule has 4 aromatic heterocycles. The summed E-state index contributed by atoms with van der Waals surface area (Å²) in [6.45, 7) is 4.26. The third kappa shape index (κ3) is 3.65. The number of aromatic carboxylic acids is 1. The number of halogens is 2. The summed E-state index contributed by atoms with van der Waals surface area (Å²) in [4.78, 5) is 37.4. The normalized spacial score (nSPS) is 19.1. The fourth-order valence-corrected chi connectivity index (χ4v) is 6.88. The smallest absolute Gasteiger partial charge is 0.341 e. The first kappa shape index (κ1) is 25.5. The number of aromatic amines is 1. The van der Waals surface area contributed by atoms with Crippen LogP contribution in [0.3, 0.4) is 0 Å². The number of aryl methyl sites for hydroxylation is 1. The number of carbonyl (C=O) groups is 1. The Kier molecular flexibility index (Phi) is 5.59. The van der Waals surface area contributed by atoms with Crippen molar-refractivity contribution in [3.63, 3.8) is 0 Å². The van der Waals surface area contributed by atoms with Crippen molar-refractivity contribution in [1.82, 2.24) is 19.3 Å². The zero-order chi connectivity index (χ0) is 28.7. The first-order valence-electron chi connectivity index (χ1n) is 13.5. The van der Waals surface area contributed by atoms with Crippen molar-refractivity contribution >= 4 is 44.8 Å². The molecular formula is C30H28F2N6O3. The number of likely N-dealkylation sites (tertiary alicyclic amines) is 1. The number of carboxylic acids is 1. The van der Waals surface area contributed by atoms with Crippen molar-refractivity contribution in [2.45, 2.75) is 19.4 Å². The molecule has 0 unspecified atom stereocenters. The number of H-pyrrole nitrogens is 1. The predicted molar refractivity (Wildman–Crippen MR) is 154 cm³/mol. The van der Waals surface area contributed by atoms with Gasteiger partial charge >= 0.3 is 5.97 Å². The van der Waals surface area contributed by atoms with Crippen molar-refractivity contribution in [3.05, 3.63) is 69.8 Å². The molecule has 41 heavy (non-hydrogen) atoms. The van der Waals surface area contributed by atoms with Crippen LogP contribution in [0.5, 0.6) is 0 Å². The number of nitrogens with zero attached hydrogens (tertiary/aromatic N) is 4. The van der Waals surface area contributed by atoms with E-state index in [2.05, 4.69) is 32.1 Å². The number of benzene rings is 1. The number of carboxylic acid groups (broad SMARTS) is 1. The van der Waals surface area contributed by atoms with Crippen LogP contribution in [-0.4, -0.2) is 70.1 Å². The van der Waals surface area contributed by atoms with Crippen LogP contribution in [-0.2, 0) is 0 Å². The number of hydrogen-bond acceptors (Lipinski definition) is 6. The molecule has 2 aliphatic rings. The summed E-state index contributed by atoms with van der Waals surface area (Å²) < 4.78 is 31.9. The van der Waals surface area contributed by atoms with Gasteiger partial charge in [0.25, 0.3) is 5.56 Å². The average molecular weight is 559 g/mol. The van der Waals surface area contributed by atoms with Gasteiger partial charge in [0, 0.05) is 62.3 Å². The largest absolute Gasteiger partial charge is 0.477 e. The zero-order valence-corrected chi connectivity index (χ0v) is 22.8. The Morgan fingerprint density at radius 2 is 2.00 bits per heavy atom. The highest BCUT2D eigenvalue weighted by Gasteiger charge is 2.42. The Bertz CT molecular complexity index is 1980. The molecule has 2 saturated heterocycles. The number of fused-ring (bicyclic) bond motifs is 5. The Labute approximate surface area is 233 Å². The van der Waals surface area contributed by atoms with E-state index in [1.165, 1.54) is 10.5 Å². The minimum Gasteiger partial charge on any atom is -0.477 e. The summed E-state index contributed by atoms with van der Waals surface area (Å²) in [6.07, 6.45) is 4.26. The standard InChI is InChI=1S/C30H28F2N6O3/c1-14-8-17(30(40)41)29(39)38-12-15(4-5-21(14)38)18-10-34-28-24(23-25(32)19(31)9-20(33-2)26(23)35-28)27(18)37-7-6-16-11-36(3)13-22(16)37/h4-5,8-10,12,16,22,33H,6-7,11,13H2,1-3H3,(H,34,35)(H,40,41)/t16-,22+/m1/s1. The van der Waals surface area contributed by atoms with Gasteiger partial charge in [-0.2, -0.15) is 0 Å². The van der Waals surface area contributed by atoms with E-state index in [9.17, 15) is 19.1 Å². The first-order chi connectivity index (χ1) is 19.7. The van der Waals surface area contributed by atoms with Crippen LogP contribution in [0.15, 0.2) is 41.5 Å². The lowest BCUT2D eigenvalue weighted by Gasteiger charge is -2.29. The van der Waals surface area contributed by atoms with Crippen molar-refractivity contribution in [3.8, 4) is 11.1 Å². The van der Waals surface area contributed by atoms with Gasteiger partial charge in [-0.1, -0.05) is 6.07 Å². The van der Waals surface area contributed by atoms with Crippen LogP contribution in [0.25, 0.3) is 38.6 Å². The quantitative estimate of drug-likeness (QED) is 0.299. The summed E-state index contributed by atoms with van der Waals surface area (Å²) in [6, 6.07) is 6.30. The highest BCUT2D eigenvalue weighted by atomic mass is 19.2. The third-order valence-electron chi connectivity index (χ3n) is 8.76. The minimum absolute atomic E-state index is 0.116. The van der Waals surface area contributed by atoms with Crippen LogP contribution < -0.4 is 15.8 Å². The van der Waals surface area contributed by atoms with Gasteiger partial charge in [-0.25, -0.2) is 18.6 Å². The maximum absolute atomic E-state index is 15.7. The highest BCUT2D eigenvalue weighted by Crippen LogP contribution is 2.46. The number of pyridine rings is 3. The van der Waals surface area contributed by atoms with Crippen molar-refractivity contribution in [1.29, 1.82) is 0 Å². The van der Waals surface area contributed by atoms with Crippen LogP contribution in [0, 0.1) is 24.5 Å². The molecule has 1 aromatic carbocycles. The number of likely N-dealkylation sites (N-methyl/N-ethyl adjacent to an activating group) is 1. The molecule has 9 nitrogen and oxygen atoms in total. The van der Waals surface area contributed by atoms with E-state index in [1.54, 1.807) is 32.4 Å². The lowest BCUT2D eigenvalue weighted by molar-refractivity contribution is 0.0694. The molecular weight excluding hydrogens is 530 g/mol. The van der Waals surface area contributed by atoms with E-state index >= 15 is 4.39 Å². The van der Waals surface area contributed by atoms with Gasteiger partial charge < -0.3 is 25.2 Å². The highest BCUT2D eigenvalue weighted by molar-refractivity contribution is 6.18. The summed E-state index contributed by atoms with van der Waals surface area (Å²) in [5, 5.41) is 13.2. The molecule has 0 aliphatic carbocycles. The lowest BCUT2D eigenvalue weighted by Crippen LogP contribution is -2.35. The van der Waals surface area contributed by atoms with E-state index in [0.717, 1.165) is 32.1 Å². The van der Waals surface area contributed by atoms with Gasteiger partial charge in [-0.05, 0) is 44.0 Å². The Hall–Kier alpha value is -4.51. The molecule has 0 spiro atoms. The lowest BCUT2D eigenvalue weighted by atomic mass is 10.00. The van der Waals surface area contributed by atoms with Crippen LogP contribution >= 0.6 is 0 Å². The van der Waals surface area contributed by atoms with Crippen molar-refractivity contribution in [2.75, 3.05) is 43.9 Å². The topological polar surface area (TPSA) is 106 Å². The summed E-state index contributed by atoms with van der Waals surface area (Å²) in [5.41, 5.74) is 3.50. The Morgan fingerprint density at radius 3 is 2.76 bits per heavy atom. The predicted octanol–water partition coefficient (Wildman–Crippen LogP) is 4.46. The summed E-state index contributed by atoms with van der Waals surface area (Å²) in [5.74, 6) is -2.79. The van der Waals surface area contributed by atoms with Gasteiger partial charge in [-0.15, -0.1) is 0 Å². The molecule has 5 aromatic rings.